The Labute approximate surface area is 127 Å². The van der Waals surface area contributed by atoms with E-state index in [2.05, 4.69) is 10.3 Å². The van der Waals surface area contributed by atoms with Crippen molar-refractivity contribution >= 4 is 17.4 Å². The minimum atomic E-state index is 0.247. The van der Waals surface area contributed by atoms with Crippen molar-refractivity contribution in [2.75, 3.05) is 18.7 Å². The van der Waals surface area contributed by atoms with Crippen molar-refractivity contribution in [2.45, 2.75) is 13.5 Å². The van der Waals surface area contributed by atoms with Gasteiger partial charge in [-0.3, -0.25) is 0 Å². The summed E-state index contributed by atoms with van der Waals surface area (Å²) in [4.78, 5) is 4.43. The van der Waals surface area contributed by atoms with E-state index >= 15 is 0 Å². The van der Waals surface area contributed by atoms with Crippen LogP contribution in [0.3, 0.4) is 0 Å². The van der Waals surface area contributed by atoms with Crippen molar-refractivity contribution in [3.8, 4) is 17.2 Å². The molecule has 0 atom stereocenters. The highest BCUT2D eigenvalue weighted by atomic mass is 35.5. The first kappa shape index (κ1) is 13.8. The number of hydrogen-bond donors (Lipinski definition) is 1. The van der Waals surface area contributed by atoms with Gasteiger partial charge in [-0.2, -0.15) is 0 Å². The number of fused-ring (bicyclic) bond motifs is 1. The maximum Gasteiger partial charge on any atom is 0.231 e. The van der Waals surface area contributed by atoms with Crippen molar-refractivity contribution in [3.63, 3.8) is 0 Å². The van der Waals surface area contributed by atoms with E-state index in [1.54, 1.807) is 6.07 Å². The normalized spacial score (nSPS) is 12.3. The fourth-order valence-electron chi connectivity index (χ4n) is 1.98. The Morgan fingerprint density at radius 1 is 1.24 bits per heavy atom. The fraction of sp³-hybridized carbons (Fsp3) is 0.267. The third-order valence-electron chi connectivity index (χ3n) is 3.00. The summed E-state index contributed by atoms with van der Waals surface area (Å²) in [5, 5.41) is 3.73. The molecule has 1 aromatic carbocycles. The van der Waals surface area contributed by atoms with Crippen molar-refractivity contribution in [1.29, 1.82) is 0 Å². The molecular formula is C15H15ClN2O3. The van der Waals surface area contributed by atoms with Crippen LogP contribution in [-0.2, 0) is 6.61 Å². The van der Waals surface area contributed by atoms with E-state index in [1.807, 2.05) is 31.2 Å². The molecule has 21 heavy (non-hydrogen) atoms. The third-order valence-corrected chi connectivity index (χ3v) is 3.34. The summed E-state index contributed by atoms with van der Waals surface area (Å²) < 4.78 is 16.3. The van der Waals surface area contributed by atoms with Crippen LogP contribution in [-0.4, -0.2) is 18.3 Å². The molecule has 0 aliphatic carbocycles. The number of aromatic nitrogens is 1. The summed E-state index contributed by atoms with van der Waals surface area (Å²) in [5.74, 6) is 2.89. The molecule has 1 N–H and O–H groups in total. The van der Waals surface area contributed by atoms with Crippen LogP contribution < -0.4 is 19.5 Å². The Bertz CT molecular complexity index is 649. The first-order valence-electron chi connectivity index (χ1n) is 6.68. The van der Waals surface area contributed by atoms with Crippen LogP contribution >= 0.6 is 11.6 Å². The number of pyridine rings is 1. The van der Waals surface area contributed by atoms with E-state index in [-0.39, 0.29) is 13.4 Å². The molecule has 1 aliphatic rings. The molecule has 110 valence electrons. The molecule has 0 saturated carbocycles. The largest absolute Gasteiger partial charge is 0.487 e. The van der Waals surface area contributed by atoms with Gasteiger partial charge in [-0.1, -0.05) is 11.6 Å². The summed E-state index contributed by atoms with van der Waals surface area (Å²) in [6.45, 7) is 3.35. The van der Waals surface area contributed by atoms with Gasteiger partial charge >= 0.3 is 0 Å². The molecule has 3 rings (SSSR count). The molecule has 0 radical (unpaired) electrons. The third kappa shape index (κ3) is 3.13. The summed E-state index contributed by atoms with van der Waals surface area (Å²) in [5.41, 5.74) is 0.688. The lowest BCUT2D eigenvalue weighted by Gasteiger charge is -2.10. The summed E-state index contributed by atoms with van der Waals surface area (Å²) in [6.07, 6.45) is 0. The molecular weight excluding hydrogens is 292 g/mol. The number of halogens is 1. The second-order valence-corrected chi connectivity index (χ2v) is 4.87. The number of benzene rings is 1. The molecule has 2 aromatic rings. The van der Waals surface area contributed by atoms with Gasteiger partial charge < -0.3 is 19.5 Å². The van der Waals surface area contributed by atoms with Gasteiger partial charge in [-0.15, -0.1) is 0 Å². The van der Waals surface area contributed by atoms with E-state index in [4.69, 9.17) is 25.8 Å². The molecule has 0 spiro atoms. The summed E-state index contributed by atoms with van der Waals surface area (Å²) in [7, 11) is 0. The molecule has 1 aromatic heterocycles. The predicted molar refractivity (Wildman–Crippen MR) is 80.3 cm³/mol. The Kier molecular flexibility index (Phi) is 4.01. The van der Waals surface area contributed by atoms with Crippen LogP contribution in [0.15, 0.2) is 30.3 Å². The standard InChI is InChI=1S/C15H15ClN2O3/c1-2-17-15-6-4-11(16)12(18-15)8-19-10-3-5-13-14(7-10)21-9-20-13/h3-7H,2,8-9H2,1H3,(H,17,18). The Morgan fingerprint density at radius 2 is 2.10 bits per heavy atom. The molecule has 2 heterocycles. The van der Waals surface area contributed by atoms with Gasteiger partial charge in [0, 0.05) is 12.6 Å². The van der Waals surface area contributed by atoms with E-state index in [0.717, 1.165) is 18.1 Å². The first-order chi connectivity index (χ1) is 10.3. The van der Waals surface area contributed by atoms with Crippen LogP contribution in [0, 0.1) is 0 Å². The van der Waals surface area contributed by atoms with E-state index in [9.17, 15) is 0 Å². The zero-order chi connectivity index (χ0) is 14.7. The van der Waals surface area contributed by atoms with E-state index in [0.29, 0.717) is 22.2 Å². The Morgan fingerprint density at radius 3 is 2.95 bits per heavy atom. The average Bonchev–Trinajstić information content (AvgIpc) is 2.95. The van der Waals surface area contributed by atoms with E-state index < -0.39 is 0 Å². The number of nitrogens with zero attached hydrogens (tertiary/aromatic N) is 1. The fourth-order valence-corrected chi connectivity index (χ4v) is 2.14. The first-order valence-corrected chi connectivity index (χ1v) is 7.06. The Hall–Kier alpha value is -2.14. The average molecular weight is 307 g/mol. The smallest absolute Gasteiger partial charge is 0.231 e. The van der Waals surface area contributed by atoms with E-state index in [1.165, 1.54) is 0 Å². The van der Waals surface area contributed by atoms with Gasteiger partial charge in [0.15, 0.2) is 11.5 Å². The molecule has 0 amide bonds. The molecule has 5 nitrogen and oxygen atoms in total. The quantitative estimate of drug-likeness (QED) is 0.916. The number of nitrogens with one attached hydrogen (secondary N) is 1. The second kappa shape index (κ2) is 6.10. The van der Waals surface area contributed by atoms with Crippen molar-refractivity contribution in [2.24, 2.45) is 0 Å². The Balaban J connectivity index is 1.71. The van der Waals surface area contributed by atoms with Gasteiger partial charge in [0.05, 0.1) is 10.7 Å². The van der Waals surface area contributed by atoms with Crippen LogP contribution in [0.4, 0.5) is 5.82 Å². The molecule has 0 bridgehead atoms. The zero-order valence-electron chi connectivity index (χ0n) is 11.6. The monoisotopic (exact) mass is 306 g/mol. The van der Waals surface area contributed by atoms with Crippen molar-refractivity contribution < 1.29 is 14.2 Å². The van der Waals surface area contributed by atoms with Gasteiger partial charge in [-0.25, -0.2) is 4.98 Å². The zero-order valence-corrected chi connectivity index (χ0v) is 12.3. The van der Waals surface area contributed by atoms with Gasteiger partial charge in [0.25, 0.3) is 0 Å². The lowest BCUT2D eigenvalue weighted by atomic mass is 10.3. The number of rotatable bonds is 5. The maximum atomic E-state index is 6.14. The highest BCUT2D eigenvalue weighted by Gasteiger charge is 2.14. The van der Waals surface area contributed by atoms with Gasteiger partial charge in [0.2, 0.25) is 6.79 Å². The van der Waals surface area contributed by atoms with Crippen molar-refractivity contribution in [3.05, 3.63) is 41.0 Å². The SMILES string of the molecule is CCNc1ccc(Cl)c(COc2ccc3c(c2)OCO3)n1. The molecule has 0 fully saturated rings. The number of hydrogen-bond acceptors (Lipinski definition) is 5. The topological polar surface area (TPSA) is 52.6 Å². The molecule has 0 unspecified atom stereocenters. The van der Waals surface area contributed by atoms with Crippen LogP contribution in [0.5, 0.6) is 17.2 Å². The minimum absolute atomic E-state index is 0.247. The molecule has 0 saturated heterocycles. The minimum Gasteiger partial charge on any atom is -0.487 e. The summed E-state index contributed by atoms with van der Waals surface area (Å²) >= 11 is 6.14. The highest BCUT2D eigenvalue weighted by Crippen LogP contribution is 2.35. The highest BCUT2D eigenvalue weighted by molar-refractivity contribution is 6.31. The molecule has 1 aliphatic heterocycles. The second-order valence-electron chi connectivity index (χ2n) is 4.46. The van der Waals surface area contributed by atoms with Gasteiger partial charge in [0.1, 0.15) is 18.2 Å². The maximum absolute atomic E-state index is 6.14. The van der Waals surface area contributed by atoms with Crippen molar-refractivity contribution in [1.82, 2.24) is 4.98 Å². The molecule has 6 heteroatoms. The lowest BCUT2D eigenvalue weighted by Crippen LogP contribution is -2.04. The van der Waals surface area contributed by atoms with Crippen LogP contribution in [0.2, 0.25) is 5.02 Å². The number of anilines is 1. The number of ether oxygens (including phenoxy) is 3. The lowest BCUT2D eigenvalue weighted by molar-refractivity contribution is 0.173. The summed E-state index contributed by atoms with van der Waals surface area (Å²) in [6, 6.07) is 9.10. The van der Waals surface area contributed by atoms with Crippen LogP contribution in [0.25, 0.3) is 0 Å². The van der Waals surface area contributed by atoms with Crippen LogP contribution in [0.1, 0.15) is 12.6 Å². The van der Waals surface area contributed by atoms with Gasteiger partial charge in [-0.05, 0) is 31.2 Å². The predicted octanol–water partition coefficient (Wildman–Crippen LogP) is 3.47.